The van der Waals surface area contributed by atoms with Crippen LogP contribution in [0.1, 0.15) is 24.4 Å². The molecule has 2 rings (SSSR count). The Labute approximate surface area is 138 Å². The highest BCUT2D eigenvalue weighted by Crippen LogP contribution is 2.34. The lowest BCUT2D eigenvalue weighted by atomic mass is 9.99. The Kier molecular flexibility index (Phi) is 7.25. The van der Waals surface area contributed by atoms with Gasteiger partial charge in [-0.25, -0.2) is 0 Å². The summed E-state index contributed by atoms with van der Waals surface area (Å²) in [6, 6.07) is 4.29. The second-order valence-electron chi connectivity index (χ2n) is 5.17. The molecule has 1 aromatic carbocycles. The van der Waals surface area contributed by atoms with E-state index in [4.69, 9.17) is 11.6 Å². The fourth-order valence-corrected chi connectivity index (χ4v) is 2.77. The predicted octanol–water partition coefficient (Wildman–Crippen LogP) is 3.76. The van der Waals surface area contributed by atoms with Gasteiger partial charge in [0.1, 0.15) is 5.75 Å². The van der Waals surface area contributed by atoms with Crippen molar-refractivity contribution in [2.45, 2.75) is 25.1 Å². The van der Waals surface area contributed by atoms with Gasteiger partial charge in [-0.2, -0.15) is 13.2 Å². The Bertz CT molecular complexity index is 480. The van der Waals surface area contributed by atoms with Crippen molar-refractivity contribution >= 4 is 24.0 Å². The molecule has 126 valence electrons. The zero-order valence-corrected chi connectivity index (χ0v) is 13.4. The second-order valence-corrected chi connectivity index (χ2v) is 5.57. The van der Waals surface area contributed by atoms with E-state index >= 15 is 0 Å². The zero-order valence-electron chi connectivity index (χ0n) is 11.9. The molecule has 1 aliphatic heterocycles. The first-order chi connectivity index (χ1) is 9.87. The molecule has 0 aromatic heterocycles. The van der Waals surface area contributed by atoms with E-state index in [0.29, 0.717) is 18.7 Å². The Balaban J connectivity index is 0.00000242. The van der Waals surface area contributed by atoms with E-state index in [1.165, 1.54) is 6.07 Å². The van der Waals surface area contributed by atoms with Crippen LogP contribution in [-0.2, 0) is 0 Å². The normalized spacial score (nSPS) is 17.8. The smallest absolute Gasteiger partial charge is 0.389 e. The van der Waals surface area contributed by atoms with E-state index in [-0.39, 0.29) is 35.6 Å². The van der Waals surface area contributed by atoms with E-state index < -0.39 is 12.6 Å². The quantitative estimate of drug-likeness (QED) is 0.860. The van der Waals surface area contributed by atoms with Gasteiger partial charge in [-0.1, -0.05) is 17.7 Å². The maximum Gasteiger partial charge on any atom is 0.389 e. The number of aromatic hydroxyl groups is 1. The average molecular weight is 359 g/mol. The van der Waals surface area contributed by atoms with Crippen molar-refractivity contribution in [2.24, 2.45) is 0 Å². The van der Waals surface area contributed by atoms with E-state index in [9.17, 15) is 18.3 Å². The van der Waals surface area contributed by atoms with Crippen LogP contribution in [0.4, 0.5) is 13.2 Å². The third-order valence-corrected chi connectivity index (χ3v) is 3.95. The molecule has 0 bridgehead atoms. The summed E-state index contributed by atoms with van der Waals surface area (Å²) in [6.45, 7) is 2.91. The van der Waals surface area contributed by atoms with Crippen molar-refractivity contribution < 1.29 is 18.3 Å². The number of alkyl halides is 3. The summed E-state index contributed by atoms with van der Waals surface area (Å²) in [6.07, 6.45) is -5.02. The fourth-order valence-electron chi connectivity index (χ4n) is 2.58. The first kappa shape index (κ1) is 19.4. The number of rotatable bonds is 4. The zero-order chi connectivity index (χ0) is 15.5. The molecule has 22 heavy (non-hydrogen) atoms. The number of halogens is 5. The summed E-state index contributed by atoms with van der Waals surface area (Å²) >= 11 is 5.88. The fraction of sp³-hybridized carbons (Fsp3) is 0.571. The van der Waals surface area contributed by atoms with Gasteiger partial charge in [0.05, 0.1) is 5.02 Å². The third-order valence-electron chi connectivity index (χ3n) is 3.65. The molecule has 3 nitrogen and oxygen atoms in total. The molecule has 0 unspecified atom stereocenters. The Morgan fingerprint density at radius 2 is 1.91 bits per heavy atom. The molecule has 0 saturated carbocycles. The van der Waals surface area contributed by atoms with Crippen LogP contribution in [0.2, 0.25) is 5.02 Å². The van der Waals surface area contributed by atoms with Crippen molar-refractivity contribution in [3.05, 3.63) is 28.8 Å². The van der Waals surface area contributed by atoms with Crippen molar-refractivity contribution in [3.8, 4) is 5.75 Å². The minimum atomic E-state index is -4.17. The Morgan fingerprint density at radius 3 is 2.45 bits per heavy atom. The van der Waals surface area contributed by atoms with Crippen molar-refractivity contribution in [2.75, 3.05) is 26.2 Å². The lowest BCUT2D eigenvalue weighted by Crippen LogP contribution is -2.45. The van der Waals surface area contributed by atoms with Crippen molar-refractivity contribution in [1.82, 2.24) is 10.2 Å². The summed E-state index contributed by atoms with van der Waals surface area (Å²) in [5.41, 5.74) is 0.712. The van der Waals surface area contributed by atoms with Gasteiger partial charge in [0.2, 0.25) is 0 Å². The van der Waals surface area contributed by atoms with E-state index in [1.807, 2.05) is 4.90 Å². The van der Waals surface area contributed by atoms with Gasteiger partial charge in [0, 0.05) is 38.6 Å². The number of hydrogen-bond donors (Lipinski definition) is 2. The van der Waals surface area contributed by atoms with Crippen LogP contribution < -0.4 is 5.32 Å². The highest BCUT2D eigenvalue weighted by molar-refractivity contribution is 6.32. The maximum atomic E-state index is 12.5. The van der Waals surface area contributed by atoms with Gasteiger partial charge in [-0.3, -0.25) is 4.90 Å². The summed E-state index contributed by atoms with van der Waals surface area (Å²) < 4.78 is 37.6. The molecule has 1 fully saturated rings. The van der Waals surface area contributed by atoms with Crippen LogP contribution in [0.15, 0.2) is 18.2 Å². The summed E-state index contributed by atoms with van der Waals surface area (Å²) in [5.74, 6) is -0.0599. The third kappa shape index (κ3) is 5.50. The monoisotopic (exact) mass is 358 g/mol. The molecule has 1 atom stereocenters. The number of benzene rings is 1. The second kappa shape index (κ2) is 8.24. The molecule has 1 heterocycles. The standard InChI is InChI=1S/C14H18ClF3N2O.ClH/c15-11-9-10(1-2-13(11)21)12(3-4-14(16,17)18)20-7-5-19-6-8-20;/h1-2,9,12,19,21H,3-8H2;1H/t12-;/m1./s1. The molecule has 0 aliphatic carbocycles. The van der Waals surface area contributed by atoms with Crippen LogP contribution in [-0.4, -0.2) is 42.4 Å². The minimum absolute atomic E-state index is 0. The molecular formula is C14H19Cl2F3N2O. The summed E-state index contributed by atoms with van der Waals surface area (Å²) in [5, 5.41) is 12.8. The predicted molar refractivity (Wildman–Crippen MR) is 82.8 cm³/mol. The topological polar surface area (TPSA) is 35.5 Å². The first-order valence-electron chi connectivity index (χ1n) is 6.87. The molecule has 0 spiro atoms. The first-order valence-corrected chi connectivity index (χ1v) is 7.24. The molecule has 2 N–H and O–H groups in total. The number of phenols is 1. The number of nitrogens with zero attached hydrogens (tertiary/aromatic N) is 1. The largest absolute Gasteiger partial charge is 0.506 e. The molecule has 1 aromatic rings. The van der Waals surface area contributed by atoms with E-state index in [1.54, 1.807) is 12.1 Å². The van der Waals surface area contributed by atoms with Crippen LogP contribution in [0.3, 0.4) is 0 Å². The minimum Gasteiger partial charge on any atom is -0.506 e. The van der Waals surface area contributed by atoms with Gasteiger partial charge in [0.15, 0.2) is 0 Å². The van der Waals surface area contributed by atoms with Crippen molar-refractivity contribution in [1.29, 1.82) is 0 Å². The molecule has 8 heteroatoms. The van der Waals surface area contributed by atoms with Crippen LogP contribution in [0, 0.1) is 0 Å². The Morgan fingerprint density at radius 1 is 1.27 bits per heavy atom. The lowest BCUT2D eigenvalue weighted by molar-refractivity contribution is -0.138. The van der Waals surface area contributed by atoms with Crippen LogP contribution >= 0.6 is 24.0 Å². The van der Waals surface area contributed by atoms with Crippen LogP contribution in [0.5, 0.6) is 5.75 Å². The van der Waals surface area contributed by atoms with Gasteiger partial charge in [0.25, 0.3) is 0 Å². The summed E-state index contributed by atoms with van der Waals surface area (Å²) in [4.78, 5) is 2.03. The van der Waals surface area contributed by atoms with Gasteiger partial charge < -0.3 is 10.4 Å². The number of hydrogen-bond acceptors (Lipinski definition) is 3. The van der Waals surface area contributed by atoms with Gasteiger partial charge in [-0.05, 0) is 24.1 Å². The van der Waals surface area contributed by atoms with Gasteiger partial charge in [-0.15, -0.1) is 12.4 Å². The molecule has 0 radical (unpaired) electrons. The number of nitrogens with one attached hydrogen (secondary N) is 1. The van der Waals surface area contributed by atoms with Crippen molar-refractivity contribution in [3.63, 3.8) is 0 Å². The number of phenolic OH excluding ortho intramolecular Hbond substituents is 1. The number of piperazine rings is 1. The average Bonchev–Trinajstić information content (AvgIpc) is 2.43. The lowest BCUT2D eigenvalue weighted by Gasteiger charge is -2.35. The van der Waals surface area contributed by atoms with Crippen LogP contribution in [0.25, 0.3) is 0 Å². The molecule has 1 aliphatic rings. The highest BCUT2D eigenvalue weighted by atomic mass is 35.5. The molecule has 1 saturated heterocycles. The molecular weight excluding hydrogens is 340 g/mol. The SMILES string of the molecule is Cl.Oc1ccc([C@@H](CCC(F)(F)F)N2CCNCC2)cc1Cl. The molecule has 0 amide bonds. The van der Waals surface area contributed by atoms with E-state index in [2.05, 4.69) is 5.32 Å². The van der Waals surface area contributed by atoms with E-state index in [0.717, 1.165) is 13.1 Å². The van der Waals surface area contributed by atoms with Gasteiger partial charge >= 0.3 is 6.18 Å². The highest BCUT2D eigenvalue weighted by Gasteiger charge is 2.31. The Hall–Kier alpha value is -0.690. The maximum absolute atomic E-state index is 12.5. The summed E-state index contributed by atoms with van der Waals surface area (Å²) in [7, 11) is 0.